The zero-order chi connectivity index (χ0) is 14.7. The molecule has 2 aromatic rings. The first-order valence-electron chi connectivity index (χ1n) is 6.35. The molecule has 2 heterocycles. The maximum Gasteiger partial charge on any atom is 0.304 e. The number of aliphatic carboxylic acids is 1. The molecule has 0 saturated carbocycles. The molecular weight excluding hydrogens is 258 g/mol. The van der Waals surface area contributed by atoms with Crippen molar-refractivity contribution in [1.82, 2.24) is 14.3 Å². The quantitative estimate of drug-likeness (QED) is 0.878. The summed E-state index contributed by atoms with van der Waals surface area (Å²) in [5.41, 5.74) is 2.12. The Bertz CT molecular complexity index is 694. The molecule has 106 valence electrons. The van der Waals surface area contributed by atoms with E-state index in [1.165, 1.54) is 10.5 Å². The zero-order valence-electron chi connectivity index (χ0n) is 11.5. The van der Waals surface area contributed by atoms with Gasteiger partial charge in [0.15, 0.2) is 0 Å². The van der Waals surface area contributed by atoms with Crippen molar-refractivity contribution in [3.8, 4) is 0 Å². The monoisotopic (exact) mass is 275 g/mol. The maximum absolute atomic E-state index is 12.0. The Hall–Kier alpha value is -2.21. The molecule has 20 heavy (non-hydrogen) atoms. The van der Waals surface area contributed by atoms with Crippen molar-refractivity contribution in [3.05, 3.63) is 46.0 Å². The summed E-state index contributed by atoms with van der Waals surface area (Å²) in [6.07, 6.45) is 1.82. The van der Waals surface area contributed by atoms with Crippen molar-refractivity contribution in [2.45, 2.75) is 19.9 Å². The average molecular weight is 275 g/mol. The van der Waals surface area contributed by atoms with Crippen molar-refractivity contribution < 1.29 is 9.90 Å². The second-order valence-corrected chi connectivity index (χ2v) is 4.90. The van der Waals surface area contributed by atoms with Crippen molar-refractivity contribution in [2.75, 3.05) is 13.6 Å². The standard InChI is InChI=1S/C14H17N3O3/c1-10-3-4-12-15-11(7-13(18)17(12)8-10)9-16(2)6-5-14(19)20/h3-4,7-8H,5-6,9H2,1-2H3,(H,19,20). The molecule has 6 nitrogen and oxygen atoms in total. The number of aromatic nitrogens is 2. The highest BCUT2D eigenvalue weighted by Gasteiger charge is 2.07. The molecule has 2 aromatic heterocycles. The third-order valence-corrected chi connectivity index (χ3v) is 3.00. The lowest BCUT2D eigenvalue weighted by Gasteiger charge is -2.15. The van der Waals surface area contributed by atoms with E-state index in [-0.39, 0.29) is 12.0 Å². The van der Waals surface area contributed by atoms with Crippen LogP contribution in [0.4, 0.5) is 0 Å². The van der Waals surface area contributed by atoms with E-state index in [0.29, 0.717) is 24.4 Å². The normalized spacial score (nSPS) is 11.2. The number of carboxylic acids is 1. The fourth-order valence-corrected chi connectivity index (χ4v) is 1.98. The van der Waals surface area contributed by atoms with Gasteiger partial charge >= 0.3 is 5.97 Å². The number of carboxylic acid groups (broad SMARTS) is 1. The average Bonchev–Trinajstić information content (AvgIpc) is 2.37. The van der Waals surface area contributed by atoms with Crippen molar-refractivity contribution >= 4 is 11.6 Å². The summed E-state index contributed by atoms with van der Waals surface area (Å²) in [6.45, 7) is 2.79. The van der Waals surface area contributed by atoms with Gasteiger partial charge in [0, 0.05) is 25.4 Å². The SMILES string of the molecule is Cc1ccc2nc(CN(C)CCC(=O)O)cc(=O)n2c1. The van der Waals surface area contributed by atoms with Gasteiger partial charge in [-0.3, -0.25) is 18.9 Å². The molecule has 0 fully saturated rings. The first-order valence-corrected chi connectivity index (χ1v) is 6.35. The van der Waals surface area contributed by atoms with Gasteiger partial charge < -0.3 is 5.11 Å². The van der Waals surface area contributed by atoms with E-state index < -0.39 is 5.97 Å². The summed E-state index contributed by atoms with van der Waals surface area (Å²) in [4.78, 5) is 28.8. The Labute approximate surface area is 116 Å². The number of nitrogens with zero attached hydrogens (tertiary/aromatic N) is 3. The van der Waals surface area contributed by atoms with Crippen LogP contribution in [-0.2, 0) is 11.3 Å². The molecule has 0 aliphatic heterocycles. The van der Waals surface area contributed by atoms with Crippen LogP contribution in [0.5, 0.6) is 0 Å². The van der Waals surface area contributed by atoms with Crippen LogP contribution < -0.4 is 5.56 Å². The van der Waals surface area contributed by atoms with Crippen LogP contribution in [0.25, 0.3) is 5.65 Å². The van der Waals surface area contributed by atoms with Gasteiger partial charge in [0.05, 0.1) is 12.1 Å². The topological polar surface area (TPSA) is 74.9 Å². The first-order chi connectivity index (χ1) is 9.45. The predicted molar refractivity (Wildman–Crippen MR) is 74.8 cm³/mol. The molecule has 0 atom stereocenters. The molecule has 0 bridgehead atoms. The van der Waals surface area contributed by atoms with E-state index in [1.807, 2.05) is 24.9 Å². The summed E-state index contributed by atoms with van der Waals surface area (Å²) in [5, 5.41) is 8.64. The summed E-state index contributed by atoms with van der Waals surface area (Å²) in [5.74, 6) is -0.834. The summed E-state index contributed by atoms with van der Waals surface area (Å²) >= 11 is 0. The Morgan fingerprint density at radius 3 is 2.90 bits per heavy atom. The minimum atomic E-state index is -0.834. The highest BCUT2D eigenvalue weighted by atomic mass is 16.4. The molecule has 0 aromatic carbocycles. The molecular formula is C14H17N3O3. The van der Waals surface area contributed by atoms with E-state index in [9.17, 15) is 9.59 Å². The number of hydrogen-bond donors (Lipinski definition) is 1. The van der Waals surface area contributed by atoms with Gasteiger partial charge in [-0.05, 0) is 25.6 Å². The molecule has 0 spiro atoms. The summed E-state index contributed by atoms with van der Waals surface area (Å²) in [6, 6.07) is 5.20. The Morgan fingerprint density at radius 2 is 2.20 bits per heavy atom. The number of rotatable bonds is 5. The first kappa shape index (κ1) is 14.2. The second-order valence-electron chi connectivity index (χ2n) is 4.90. The van der Waals surface area contributed by atoms with Gasteiger partial charge in [-0.2, -0.15) is 0 Å². The molecule has 0 unspecified atom stereocenters. The van der Waals surface area contributed by atoms with Crippen LogP contribution in [0.3, 0.4) is 0 Å². The zero-order valence-corrected chi connectivity index (χ0v) is 11.5. The van der Waals surface area contributed by atoms with Crippen LogP contribution in [0.2, 0.25) is 0 Å². The lowest BCUT2D eigenvalue weighted by atomic mass is 10.3. The van der Waals surface area contributed by atoms with E-state index in [4.69, 9.17) is 5.11 Å². The lowest BCUT2D eigenvalue weighted by molar-refractivity contribution is -0.137. The number of hydrogen-bond acceptors (Lipinski definition) is 4. The largest absolute Gasteiger partial charge is 0.481 e. The number of fused-ring (bicyclic) bond motifs is 1. The lowest BCUT2D eigenvalue weighted by Crippen LogP contribution is -2.24. The van der Waals surface area contributed by atoms with Crippen LogP contribution in [0, 0.1) is 6.92 Å². The van der Waals surface area contributed by atoms with Gasteiger partial charge in [-0.1, -0.05) is 6.07 Å². The molecule has 2 rings (SSSR count). The van der Waals surface area contributed by atoms with Crippen molar-refractivity contribution in [2.24, 2.45) is 0 Å². The van der Waals surface area contributed by atoms with Gasteiger partial charge in [0.1, 0.15) is 5.65 Å². The van der Waals surface area contributed by atoms with E-state index in [2.05, 4.69) is 4.98 Å². The van der Waals surface area contributed by atoms with Crippen molar-refractivity contribution in [3.63, 3.8) is 0 Å². The molecule has 0 aliphatic rings. The van der Waals surface area contributed by atoms with E-state index in [1.54, 1.807) is 12.3 Å². The molecule has 0 radical (unpaired) electrons. The van der Waals surface area contributed by atoms with Crippen LogP contribution in [0.15, 0.2) is 29.2 Å². The van der Waals surface area contributed by atoms with Gasteiger partial charge in [-0.25, -0.2) is 4.98 Å². The molecule has 0 amide bonds. The molecule has 0 saturated heterocycles. The summed E-state index contributed by atoms with van der Waals surface area (Å²) < 4.78 is 1.51. The molecule has 6 heteroatoms. The fourth-order valence-electron chi connectivity index (χ4n) is 1.98. The minimum absolute atomic E-state index is 0.0717. The Morgan fingerprint density at radius 1 is 1.45 bits per heavy atom. The third-order valence-electron chi connectivity index (χ3n) is 3.00. The number of aryl methyl sites for hydroxylation is 1. The Balaban J connectivity index is 2.21. The summed E-state index contributed by atoms with van der Waals surface area (Å²) in [7, 11) is 1.81. The third kappa shape index (κ3) is 3.42. The highest BCUT2D eigenvalue weighted by molar-refractivity contribution is 5.66. The van der Waals surface area contributed by atoms with E-state index >= 15 is 0 Å². The van der Waals surface area contributed by atoms with Crippen molar-refractivity contribution in [1.29, 1.82) is 0 Å². The molecule has 1 N–H and O–H groups in total. The van der Waals surface area contributed by atoms with Gasteiger partial charge in [0.25, 0.3) is 5.56 Å². The Kier molecular flexibility index (Phi) is 4.14. The van der Waals surface area contributed by atoms with Crippen LogP contribution >= 0.6 is 0 Å². The molecule has 0 aliphatic carbocycles. The van der Waals surface area contributed by atoms with Crippen LogP contribution in [-0.4, -0.2) is 39.0 Å². The number of carbonyl (C=O) groups is 1. The van der Waals surface area contributed by atoms with Crippen LogP contribution in [0.1, 0.15) is 17.7 Å². The predicted octanol–water partition coefficient (Wildman–Crippen LogP) is 0.909. The fraction of sp³-hybridized carbons (Fsp3) is 0.357. The second kappa shape index (κ2) is 5.83. The highest BCUT2D eigenvalue weighted by Crippen LogP contribution is 2.04. The minimum Gasteiger partial charge on any atom is -0.481 e. The maximum atomic E-state index is 12.0. The smallest absolute Gasteiger partial charge is 0.304 e. The van der Waals surface area contributed by atoms with Gasteiger partial charge in [-0.15, -0.1) is 0 Å². The van der Waals surface area contributed by atoms with E-state index in [0.717, 1.165) is 5.56 Å². The number of pyridine rings is 1. The van der Waals surface area contributed by atoms with Gasteiger partial charge in [0.2, 0.25) is 0 Å².